The lowest BCUT2D eigenvalue weighted by Crippen LogP contribution is -2.36. The summed E-state index contributed by atoms with van der Waals surface area (Å²) in [6, 6.07) is 6.34. The number of aryl methyl sites for hydroxylation is 1. The van der Waals surface area contributed by atoms with Gasteiger partial charge in [0.2, 0.25) is 0 Å². The third kappa shape index (κ3) is 3.64. The van der Waals surface area contributed by atoms with E-state index >= 15 is 0 Å². The maximum atomic E-state index is 5.79. The Morgan fingerprint density at radius 2 is 2.00 bits per heavy atom. The van der Waals surface area contributed by atoms with Gasteiger partial charge < -0.3 is 15.4 Å². The van der Waals surface area contributed by atoms with Crippen molar-refractivity contribution < 1.29 is 4.74 Å². The van der Waals surface area contributed by atoms with Gasteiger partial charge in [0.05, 0.1) is 7.11 Å². The van der Waals surface area contributed by atoms with Crippen molar-refractivity contribution in [3.05, 3.63) is 23.8 Å². The summed E-state index contributed by atoms with van der Waals surface area (Å²) in [5, 5.41) is 0. The largest absolute Gasteiger partial charge is 0.496 e. The summed E-state index contributed by atoms with van der Waals surface area (Å²) in [5.41, 5.74) is 8.37. The first kappa shape index (κ1) is 14.8. The number of ether oxygens (including phenoxy) is 1. The molecule has 1 rings (SSSR count). The topological polar surface area (TPSA) is 38.5 Å². The van der Waals surface area contributed by atoms with Crippen LogP contribution in [0.25, 0.3) is 0 Å². The molecule has 0 amide bonds. The number of hydrogen-bond donors (Lipinski definition) is 1. The van der Waals surface area contributed by atoms with Crippen molar-refractivity contribution in [2.75, 3.05) is 32.1 Å². The highest BCUT2D eigenvalue weighted by molar-refractivity contribution is 5.53. The second-order valence-electron chi connectivity index (χ2n) is 5.57. The molecule has 0 saturated carbocycles. The van der Waals surface area contributed by atoms with Crippen LogP contribution >= 0.6 is 0 Å². The molecule has 0 heterocycles. The van der Waals surface area contributed by atoms with Crippen LogP contribution in [-0.4, -0.2) is 27.2 Å². The molecule has 0 aliphatic heterocycles. The third-order valence-corrected chi connectivity index (χ3v) is 3.30. The molecule has 18 heavy (non-hydrogen) atoms. The van der Waals surface area contributed by atoms with E-state index in [-0.39, 0.29) is 5.41 Å². The first-order chi connectivity index (χ1) is 8.43. The normalized spacial score (nSPS) is 11.4. The summed E-state index contributed by atoms with van der Waals surface area (Å²) < 4.78 is 5.35. The minimum Gasteiger partial charge on any atom is -0.496 e. The van der Waals surface area contributed by atoms with Crippen molar-refractivity contribution in [2.24, 2.45) is 11.1 Å². The van der Waals surface area contributed by atoms with Crippen LogP contribution in [-0.2, 0) is 6.42 Å². The van der Waals surface area contributed by atoms with Crippen molar-refractivity contribution in [1.29, 1.82) is 0 Å². The quantitative estimate of drug-likeness (QED) is 0.843. The van der Waals surface area contributed by atoms with Crippen LogP contribution in [0.15, 0.2) is 18.2 Å². The van der Waals surface area contributed by atoms with Crippen LogP contribution < -0.4 is 15.4 Å². The van der Waals surface area contributed by atoms with Gasteiger partial charge in [0.1, 0.15) is 5.75 Å². The second kappa shape index (κ2) is 6.10. The van der Waals surface area contributed by atoms with Crippen LogP contribution in [0.3, 0.4) is 0 Å². The van der Waals surface area contributed by atoms with E-state index < -0.39 is 0 Å². The number of rotatable bonds is 6. The lowest BCUT2D eigenvalue weighted by atomic mass is 9.93. The fourth-order valence-corrected chi connectivity index (χ4v) is 2.08. The van der Waals surface area contributed by atoms with Crippen LogP contribution in [0.5, 0.6) is 5.75 Å². The van der Waals surface area contributed by atoms with Crippen molar-refractivity contribution in [3.8, 4) is 5.75 Å². The van der Waals surface area contributed by atoms with Gasteiger partial charge in [0.25, 0.3) is 0 Å². The van der Waals surface area contributed by atoms with Gasteiger partial charge >= 0.3 is 0 Å². The van der Waals surface area contributed by atoms with E-state index in [9.17, 15) is 0 Å². The van der Waals surface area contributed by atoms with E-state index in [2.05, 4.69) is 44.9 Å². The Balaban J connectivity index is 2.90. The van der Waals surface area contributed by atoms with E-state index in [1.165, 1.54) is 11.3 Å². The van der Waals surface area contributed by atoms with Gasteiger partial charge in [0, 0.05) is 19.3 Å². The number of methoxy groups -OCH3 is 1. The lowest BCUT2D eigenvalue weighted by Gasteiger charge is -2.30. The zero-order valence-electron chi connectivity index (χ0n) is 12.3. The minimum atomic E-state index is 0.126. The number of nitrogens with two attached hydrogens (primary N) is 1. The number of benzene rings is 1. The van der Waals surface area contributed by atoms with E-state index in [4.69, 9.17) is 10.5 Å². The average Bonchev–Trinajstić information content (AvgIpc) is 2.37. The predicted molar refractivity (Wildman–Crippen MR) is 78.5 cm³/mol. The van der Waals surface area contributed by atoms with Gasteiger partial charge in [-0.05, 0) is 42.1 Å². The zero-order valence-corrected chi connectivity index (χ0v) is 12.3. The Hall–Kier alpha value is -1.22. The average molecular weight is 250 g/mol. The maximum absolute atomic E-state index is 5.79. The second-order valence-corrected chi connectivity index (χ2v) is 5.57. The van der Waals surface area contributed by atoms with Gasteiger partial charge in [-0.2, -0.15) is 0 Å². The monoisotopic (exact) mass is 250 g/mol. The van der Waals surface area contributed by atoms with E-state index in [1.807, 2.05) is 6.07 Å². The number of nitrogens with zero attached hydrogens (tertiary/aromatic N) is 1. The Bertz CT molecular complexity index is 388. The summed E-state index contributed by atoms with van der Waals surface area (Å²) in [4.78, 5) is 2.26. The molecule has 0 bridgehead atoms. The molecule has 0 fully saturated rings. The SMILES string of the molecule is CCc1cc(N(C)CC(C)(C)CN)ccc1OC. The van der Waals surface area contributed by atoms with E-state index in [0.717, 1.165) is 18.7 Å². The van der Waals surface area contributed by atoms with Gasteiger partial charge in [-0.15, -0.1) is 0 Å². The van der Waals surface area contributed by atoms with Crippen molar-refractivity contribution in [3.63, 3.8) is 0 Å². The van der Waals surface area contributed by atoms with Crippen LogP contribution in [0, 0.1) is 5.41 Å². The molecule has 0 radical (unpaired) electrons. The molecule has 0 unspecified atom stereocenters. The Labute approximate surface area is 111 Å². The molecule has 102 valence electrons. The van der Waals surface area contributed by atoms with Gasteiger partial charge in [-0.1, -0.05) is 20.8 Å². The van der Waals surface area contributed by atoms with Gasteiger partial charge in [-0.25, -0.2) is 0 Å². The highest BCUT2D eigenvalue weighted by atomic mass is 16.5. The Morgan fingerprint density at radius 1 is 1.33 bits per heavy atom. The van der Waals surface area contributed by atoms with Crippen molar-refractivity contribution >= 4 is 5.69 Å². The van der Waals surface area contributed by atoms with Gasteiger partial charge in [0.15, 0.2) is 0 Å². The maximum Gasteiger partial charge on any atom is 0.122 e. The molecule has 0 aromatic heterocycles. The van der Waals surface area contributed by atoms with Crippen molar-refractivity contribution in [1.82, 2.24) is 0 Å². The Kier molecular flexibility index (Phi) is 5.03. The predicted octanol–water partition coefficient (Wildman–Crippen LogP) is 2.68. The summed E-state index contributed by atoms with van der Waals surface area (Å²) in [6.07, 6.45) is 0.977. The summed E-state index contributed by atoms with van der Waals surface area (Å²) in [5.74, 6) is 0.965. The highest BCUT2D eigenvalue weighted by Gasteiger charge is 2.18. The molecule has 1 aromatic carbocycles. The van der Waals surface area contributed by atoms with Crippen LogP contribution in [0.1, 0.15) is 26.3 Å². The molecule has 0 aliphatic rings. The minimum absolute atomic E-state index is 0.126. The fraction of sp³-hybridized carbons (Fsp3) is 0.600. The fourth-order valence-electron chi connectivity index (χ4n) is 2.08. The smallest absolute Gasteiger partial charge is 0.122 e. The molecule has 0 spiro atoms. The summed E-state index contributed by atoms with van der Waals surface area (Å²) in [6.45, 7) is 8.15. The lowest BCUT2D eigenvalue weighted by molar-refractivity contribution is 0.385. The molecule has 1 aromatic rings. The molecular weight excluding hydrogens is 224 g/mol. The standard InChI is InChI=1S/C15H26N2O/c1-6-12-9-13(7-8-14(12)18-5)17(4)11-15(2,3)10-16/h7-9H,6,10-11,16H2,1-5H3. The highest BCUT2D eigenvalue weighted by Crippen LogP contribution is 2.26. The number of anilines is 1. The molecule has 3 nitrogen and oxygen atoms in total. The molecular formula is C15H26N2O. The van der Waals surface area contributed by atoms with Crippen LogP contribution in [0.2, 0.25) is 0 Å². The molecule has 0 aliphatic carbocycles. The molecule has 0 atom stereocenters. The first-order valence-electron chi connectivity index (χ1n) is 6.51. The van der Waals surface area contributed by atoms with Gasteiger partial charge in [-0.3, -0.25) is 0 Å². The molecule has 2 N–H and O–H groups in total. The first-order valence-corrected chi connectivity index (χ1v) is 6.51. The molecule has 0 saturated heterocycles. The van der Waals surface area contributed by atoms with E-state index in [1.54, 1.807) is 7.11 Å². The van der Waals surface area contributed by atoms with Crippen molar-refractivity contribution in [2.45, 2.75) is 27.2 Å². The Morgan fingerprint density at radius 3 is 2.50 bits per heavy atom. The number of hydrogen-bond acceptors (Lipinski definition) is 3. The zero-order chi connectivity index (χ0) is 13.8. The van der Waals surface area contributed by atoms with Crippen LogP contribution in [0.4, 0.5) is 5.69 Å². The van der Waals surface area contributed by atoms with E-state index in [0.29, 0.717) is 6.54 Å². The molecule has 3 heteroatoms. The summed E-state index contributed by atoms with van der Waals surface area (Å²) in [7, 11) is 3.83. The summed E-state index contributed by atoms with van der Waals surface area (Å²) >= 11 is 0. The third-order valence-electron chi connectivity index (χ3n) is 3.30.